The quantitative estimate of drug-likeness (QED) is 0.121. The smallest absolute Gasteiger partial charge is 0.0715 e. The number of allylic oxidation sites excluding steroid dienone is 3. The number of hydrogen-bond donors (Lipinski definition) is 0. The number of fused-ring (bicyclic) bond motifs is 9. The summed E-state index contributed by atoms with van der Waals surface area (Å²) in [4.78, 5) is 4.92. The van der Waals surface area contributed by atoms with Crippen molar-refractivity contribution in [2.75, 3.05) is 9.80 Å². The predicted octanol–water partition coefficient (Wildman–Crippen LogP) is 21.9. The topological polar surface area (TPSA) is 16.3 Å². The van der Waals surface area contributed by atoms with Gasteiger partial charge in [0.25, 0.3) is 0 Å². The second kappa shape index (κ2) is 21.6. The van der Waals surface area contributed by atoms with Gasteiger partial charge >= 0.3 is 0 Å². The van der Waals surface area contributed by atoms with Crippen molar-refractivity contribution in [3.05, 3.63) is 361 Å². The van der Waals surface area contributed by atoms with Crippen LogP contribution >= 0.6 is 0 Å². The Hall–Kier alpha value is -11.2. The molecular formula is C85H62N4. The van der Waals surface area contributed by atoms with Gasteiger partial charge in [-0.2, -0.15) is 0 Å². The highest BCUT2D eigenvalue weighted by Gasteiger charge is 2.47. The number of aryl methyl sites for hydroxylation is 1. The lowest BCUT2D eigenvalue weighted by molar-refractivity contribution is 0.766. The lowest BCUT2D eigenvalue weighted by Gasteiger charge is -2.34. The molecule has 1 unspecified atom stereocenters. The molecule has 3 aliphatic rings. The van der Waals surface area contributed by atoms with Crippen LogP contribution in [0.25, 0.3) is 83.5 Å². The molecule has 1 atom stereocenters. The summed E-state index contributed by atoms with van der Waals surface area (Å²) in [5, 5.41) is 3.73. The molecule has 89 heavy (non-hydrogen) atoms. The van der Waals surface area contributed by atoms with E-state index in [0.29, 0.717) is 0 Å². The molecule has 0 aliphatic heterocycles. The van der Waals surface area contributed by atoms with E-state index in [-0.39, 0.29) is 6.04 Å². The number of benzene rings is 12. The van der Waals surface area contributed by atoms with Crippen molar-refractivity contribution < 1.29 is 0 Å². The van der Waals surface area contributed by atoms with Crippen molar-refractivity contribution in [3.63, 3.8) is 0 Å². The van der Waals surface area contributed by atoms with Crippen molar-refractivity contribution in [2.24, 2.45) is 0 Å². The Balaban J connectivity index is 0.845. The summed E-state index contributed by atoms with van der Waals surface area (Å²) in [6, 6.07) is 111. The summed E-state index contributed by atoms with van der Waals surface area (Å²) in [5.74, 6) is 0. The van der Waals surface area contributed by atoms with Gasteiger partial charge in [-0.05, 0) is 178 Å². The molecule has 3 aliphatic carbocycles. The highest BCUT2D eigenvalue weighted by Crippen LogP contribution is 2.58. The molecule has 4 nitrogen and oxygen atoms in total. The fraction of sp³-hybridized carbons (Fsp3) is 0.0588. The fourth-order valence-corrected chi connectivity index (χ4v) is 15.0. The average Bonchev–Trinajstić information content (AvgIpc) is 1.56. The van der Waals surface area contributed by atoms with Crippen LogP contribution in [-0.2, 0) is 11.8 Å². The molecule has 17 rings (SSSR count). The zero-order chi connectivity index (χ0) is 58.8. The van der Waals surface area contributed by atoms with E-state index in [4.69, 9.17) is 0 Å². The minimum Gasteiger partial charge on any atom is -0.334 e. The monoisotopic (exact) mass is 1140 g/mol. The van der Waals surface area contributed by atoms with Crippen LogP contribution in [0.3, 0.4) is 0 Å². The largest absolute Gasteiger partial charge is 0.334 e. The molecule has 0 saturated carbocycles. The van der Waals surface area contributed by atoms with E-state index in [1.807, 2.05) is 0 Å². The maximum absolute atomic E-state index is 2.57. The molecule has 0 radical (unpaired) electrons. The van der Waals surface area contributed by atoms with Crippen molar-refractivity contribution in [2.45, 2.75) is 30.7 Å². The number of nitrogens with zero attached hydrogens (tertiary/aromatic N) is 4. The number of hydrogen-bond acceptors (Lipinski definition) is 2. The number of aromatic nitrogens is 2. The van der Waals surface area contributed by atoms with Crippen LogP contribution in [-0.4, -0.2) is 15.2 Å². The van der Waals surface area contributed by atoms with Crippen LogP contribution in [0.2, 0.25) is 0 Å². The first-order valence-corrected chi connectivity index (χ1v) is 31.2. The summed E-state index contributed by atoms with van der Waals surface area (Å²) in [7, 11) is 0. The summed E-state index contributed by atoms with van der Waals surface area (Å²) in [5.41, 5.74) is 25.6. The van der Waals surface area contributed by atoms with Crippen molar-refractivity contribution in [1.82, 2.24) is 9.13 Å². The number of anilines is 5. The van der Waals surface area contributed by atoms with Gasteiger partial charge in [-0.3, -0.25) is 0 Å². The average molecular weight is 1140 g/mol. The van der Waals surface area contributed by atoms with Gasteiger partial charge in [0.1, 0.15) is 0 Å². The lowest BCUT2D eigenvalue weighted by Crippen LogP contribution is -2.29. The highest BCUT2D eigenvalue weighted by molar-refractivity contribution is 6.10. The first-order valence-electron chi connectivity index (χ1n) is 31.2. The molecule has 0 fully saturated rings. The van der Waals surface area contributed by atoms with Crippen LogP contribution in [0.4, 0.5) is 28.4 Å². The zero-order valence-corrected chi connectivity index (χ0v) is 49.2. The fourth-order valence-electron chi connectivity index (χ4n) is 15.0. The standard InChI is InChI=1S/C85H62N4/c1-7-23-59(24-8-1)61-39-43-67(44-40-61)86(65-31-15-5-16-32-65)71-49-53-77-75-35-19-21-37-81(75)88(83(77)57-71)69-47-51-73-74-52-48-70(56-80(74)85(79(73)55-69,63-27-11-3-12-28-63)64-29-13-4-14-30-64)89-82-38-22-20-36-76(82)78-54-50-72(58-84(78)89)87(66-33-17-6-18-34-66)68-45-41-62(42-46-68)60-25-9-2-10-26-60/h1-19,21-33,35,37-58,66H,20,34,36H2. The summed E-state index contributed by atoms with van der Waals surface area (Å²) >= 11 is 0. The van der Waals surface area contributed by atoms with Gasteiger partial charge in [-0.1, -0.05) is 237 Å². The van der Waals surface area contributed by atoms with E-state index in [1.165, 1.54) is 99.9 Å². The Labute approximate surface area is 519 Å². The van der Waals surface area contributed by atoms with Gasteiger partial charge < -0.3 is 18.9 Å². The van der Waals surface area contributed by atoms with Crippen LogP contribution in [0.1, 0.15) is 46.4 Å². The number of para-hydroxylation sites is 2. The van der Waals surface area contributed by atoms with Gasteiger partial charge in [0, 0.05) is 61.7 Å². The zero-order valence-electron chi connectivity index (χ0n) is 49.2. The molecular weight excluding hydrogens is 1080 g/mol. The minimum atomic E-state index is -0.688. The van der Waals surface area contributed by atoms with Gasteiger partial charge in [0.2, 0.25) is 0 Å². The second-order valence-electron chi connectivity index (χ2n) is 23.8. The first kappa shape index (κ1) is 52.2. The maximum atomic E-state index is 2.57. The Morgan fingerprint density at radius 1 is 0.360 bits per heavy atom. The predicted molar refractivity (Wildman–Crippen MR) is 373 cm³/mol. The Morgan fingerprint density at radius 3 is 1.48 bits per heavy atom. The van der Waals surface area contributed by atoms with E-state index in [9.17, 15) is 0 Å². The molecule has 4 heteroatoms. The molecule has 0 amide bonds. The van der Waals surface area contributed by atoms with Gasteiger partial charge in [0.15, 0.2) is 0 Å². The Morgan fingerprint density at radius 2 is 0.854 bits per heavy atom. The van der Waals surface area contributed by atoms with Crippen LogP contribution in [0, 0.1) is 0 Å². The summed E-state index contributed by atoms with van der Waals surface area (Å²) < 4.78 is 5.08. The molecule has 0 saturated heterocycles. The van der Waals surface area contributed by atoms with Gasteiger partial charge in [-0.25, -0.2) is 0 Å². The van der Waals surface area contributed by atoms with Gasteiger partial charge in [0.05, 0.1) is 28.0 Å². The molecule has 0 spiro atoms. The van der Waals surface area contributed by atoms with E-state index in [0.717, 1.165) is 58.7 Å². The maximum Gasteiger partial charge on any atom is 0.0715 e. The van der Waals surface area contributed by atoms with Crippen LogP contribution in [0.15, 0.2) is 328 Å². The van der Waals surface area contributed by atoms with E-state index in [2.05, 4.69) is 353 Å². The van der Waals surface area contributed by atoms with E-state index < -0.39 is 5.41 Å². The van der Waals surface area contributed by atoms with E-state index >= 15 is 0 Å². The molecule has 422 valence electrons. The molecule has 14 aromatic rings. The van der Waals surface area contributed by atoms with Gasteiger partial charge in [-0.15, -0.1) is 0 Å². The third-order valence-corrected chi connectivity index (χ3v) is 19.0. The van der Waals surface area contributed by atoms with Crippen molar-refractivity contribution >= 4 is 67.2 Å². The molecule has 12 aromatic carbocycles. The third kappa shape index (κ3) is 8.66. The Bertz CT molecular complexity index is 5030. The SMILES string of the molecule is C1=CCC(N(c2ccc(-c3ccccc3)cc2)c2ccc3c4c(n(-c5ccc6c(c5)C(c5ccccc5)(c5ccccc5)c5cc(-n7c8ccccc8c8ccc(N(c9ccccc9)c9ccc(-c%10ccccc%10)cc9)cc87)ccc5-6)c3c2)C=CCC4)C=C1. The third-order valence-electron chi connectivity index (χ3n) is 19.0. The minimum absolute atomic E-state index is 0.149. The van der Waals surface area contributed by atoms with Crippen molar-refractivity contribution in [1.29, 1.82) is 0 Å². The lowest BCUT2D eigenvalue weighted by atomic mass is 9.67. The summed E-state index contributed by atoms with van der Waals surface area (Å²) in [6.07, 6.45) is 16.7. The van der Waals surface area contributed by atoms with Crippen LogP contribution in [0.5, 0.6) is 0 Å². The molecule has 0 bridgehead atoms. The summed E-state index contributed by atoms with van der Waals surface area (Å²) in [6.45, 7) is 0. The Kier molecular flexibility index (Phi) is 12.7. The first-order chi connectivity index (χ1) is 44.2. The van der Waals surface area contributed by atoms with Crippen molar-refractivity contribution in [3.8, 4) is 44.8 Å². The second-order valence-corrected chi connectivity index (χ2v) is 23.8. The normalized spacial score (nSPS) is 14.4. The molecule has 2 aromatic heterocycles. The molecule has 0 N–H and O–H groups in total. The highest BCUT2D eigenvalue weighted by atomic mass is 15.2. The number of rotatable bonds is 12. The molecule has 2 heterocycles. The van der Waals surface area contributed by atoms with E-state index in [1.54, 1.807) is 0 Å². The van der Waals surface area contributed by atoms with Crippen LogP contribution < -0.4 is 9.80 Å².